The van der Waals surface area contributed by atoms with E-state index in [4.69, 9.17) is 4.74 Å². The van der Waals surface area contributed by atoms with Gasteiger partial charge in [-0.15, -0.1) is 0 Å². The fraction of sp³-hybridized carbons (Fsp3) is 0.419. The van der Waals surface area contributed by atoms with Crippen LogP contribution in [0.1, 0.15) is 64.0 Å². The first-order chi connectivity index (χ1) is 19.4. The number of Topliss-reactive ketones (excluding diaryl/α,β-unsaturated/α-hetero) is 1. The van der Waals surface area contributed by atoms with Crippen molar-refractivity contribution in [3.63, 3.8) is 0 Å². The van der Waals surface area contributed by atoms with Gasteiger partial charge in [-0.2, -0.15) is 0 Å². The van der Waals surface area contributed by atoms with Gasteiger partial charge in [-0.25, -0.2) is 9.78 Å². The second-order valence-corrected chi connectivity index (χ2v) is 11.4. The van der Waals surface area contributed by atoms with Gasteiger partial charge in [0.1, 0.15) is 6.04 Å². The van der Waals surface area contributed by atoms with E-state index in [9.17, 15) is 14.4 Å². The van der Waals surface area contributed by atoms with Gasteiger partial charge in [0.2, 0.25) is 5.78 Å². The first kappa shape index (κ1) is 29.4. The molecule has 1 heterocycles. The molecule has 9 heteroatoms. The number of carbonyl (C=O) groups excluding carboxylic acids is 3. The number of aromatic nitrogens is 2. The lowest BCUT2D eigenvalue weighted by molar-refractivity contribution is -0.139. The molecule has 1 fully saturated rings. The number of hydrogen-bond donors (Lipinski definition) is 2. The molecule has 2 aromatic carbocycles. The Bertz CT molecular complexity index is 1260. The number of benzene rings is 2. The Morgan fingerprint density at radius 2 is 1.75 bits per heavy atom. The van der Waals surface area contributed by atoms with Crippen molar-refractivity contribution >= 4 is 29.5 Å². The molecular formula is C31H38N4O4S. The standard InChI is InChI=1S/C31H38N4O4S/c1-3-4-16-26(27(36)28(37)33-23(2)24-12-7-5-8-13-24)34-30(38)39-21-31(17-11-18-31)22-40-29-32-19-20-35(29)25-14-9-6-10-15-25/h5-10,12-15,19-20,23,26H,3-4,11,16-18,21-22H2,1-2H3,(H,33,37)(H,34,38)/t23-,26?/m1/s1. The van der Waals surface area contributed by atoms with Gasteiger partial charge >= 0.3 is 6.09 Å². The predicted octanol–water partition coefficient (Wildman–Crippen LogP) is 5.87. The molecule has 3 aromatic rings. The fourth-order valence-corrected chi connectivity index (χ4v) is 5.99. The van der Waals surface area contributed by atoms with Gasteiger partial charge in [-0.1, -0.05) is 86.5 Å². The molecule has 0 bridgehead atoms. The van der Waals surface area contributed by atoms with Gasteiger partial charge in [0.05, 0.1) is 12.6 Å². The molecule has 0 aliphatic heterocycles. The molecule has 0 saturated heterocycles. The van der Waals surface area contributed by atoms with Crippen molar-refractivity contribution in [1.82, 2.24) is 20.2 Å². The maximum atomic E-state index is 13.0. The number of thioether (sulfide) groups is 1. The molecule has 0 radical (unpaired) electrons. The van der Waals surface area contributed by atoms with Crippen LogP contribution in [0.25, 0.3) is 5.69 Å². The van der Waals surface area contributed by atoms with Crippen molar-refractivity contribution in [3.8, 4) is 5.69 Å². The summed E-state index contributed by atoms with van der Waals surface area (Å²) < 4.78 is 7.70. The topological polar surface area (TPSA) is 102 Å². The predicted molar refractivity (Wildman–Crippen MR) is 156 cm³/mol. The van der Waals surface area contributed by atoms with E-state index in [1.807, 2.05) is 80.7 Å². The maximum Gasteiger partial charge on any atom is 0.407 e. The van der Waals surface area contributed by atoms with E-state index in [0.29, 0.717) is 12.8 Å². The normalized spacial score (nSPS) is 15.3. The summed E-state index contributed by atoms with van der Waals surface area (Å²) in [7, 11) is 0. The molecule has 2 amide bonds. The zero-order chi connectivity index (χ0) is 28.4. The Balaban J connectivity index is 1.31. The highest BCUT2D eigenvalue weighted by molar-refractivity contribution is 7.99. The van der Waals surface area contributed by atoms with Crippen LogP contribution in [-0.4, -0.2) is 45.7 Å². The molecule has 0 spiro atoms. The first-order valence-electron chi connectivity index (χ1n) is 14.0. The van der Waals surface area contributed by atoms with E-state index in [0.717, 1.165) is 47.8 Å². The highest BCUT2D eigenvalue weighted by Gasteiger charge is 2.39. The van der Waals surface area contributed by atoms with Crippen LogP contribution in [0, 0.1) is 5.41 Å². The molecule has 1 unspecified atom stereocenters. The van der Waals surface area contributed by atoms with Crippen molar-refractivity contribution in [1.29, 1.82) is 0 Å². The second kappa shape index (κ2) is 14.2. The lowest BCUT2D eigenvalue weighted by atomic mass is 9.71. The maximum absolute atomic E-state index is 13.0. The SMILES string of the molecule is CCCCC(NC(=O)OCC1(CSc2nccn2-c2ccccc2)CCC1)C(=O)C(=O)N[C@H](C)c1ccccc1. The summed E-state index contributed by atoms with van der Waals surface area (Å²) in [6.07, 6.45) is 7.97. The summed E-state index contributed by atoms with van der Waals surface area (Å²) in [6.45, 7) is 4.08. The van der Waals surface area contributed by atoms with E-state index < -0.39 is 23.8 Å². The van der Waals surface area contributed by atoms with Gasteiger partial charge in [0.15, 0.2) is 5.16 Å². The number of rotatable bonds is 14. The number of hydrogen-bond acceptors (Lipinski definition) is 6. The summed E-state index contributed by atoms with van der Waals surface area (Å²) in [4.78, 5) is 43.1. The van der Waals surface area contributed by atoms with Crippen LogP contribution in [0.15, 0.2) is 78.2 Å². The van der Waals surface area contributed by atoms with Crippen LogP contribution < -0.4 is 10.6 Å². The number of amides is 2. The smallest absolute Gasteiger partial charge is 0.407 e. The average Bonchev–Trinajstić information content (AvgIpc) is 3.43. The molecule has 2 atom stereocenters. The molecule has 212 valence electrons. The Hall–Kier alpha value is -3.59. The van der Waals surface area contributed by atoms with Crippen molar-refractivity contribution < 1.29 is 19.1 Å². The number of imidazole rings is 1. The van der Waals surface area contributed by atoms with Crippen LogP contribution in [-0.2, 0) is 14.3 Å². The summed E-state index contributed by atoms with van der Waals surface area (Å²) in [6, 6.07) is 18.2. The number of unbranched alkanes of at least 4 members (excludes halogenated alkanes) is 1. The molecular weight excluding hydrogens is 524 g/mol. The third kappa shape index (κ3) is 7.75. The van der Waals surface area contributed by atoms with Crippen LogP contribution in [0.3, 0.4) is 0 Å². The van der Waals surface area contributed by atoms with E-state index in [1.54, 1.807) is 18.0 Å². The van der Waals surface area contributed by atoms with Gasteiger partial charge in [0.25, 0.3) is 5.91 Å². The minimum absolute atomic E-state index is 0.138. The van der Waals surface area contributed by atoms with E-state index in [-0.39, 0.29) is 18.1 Å². The van der Waals surface area contributed by atoms with E-state index in [2.05, 4.69) is 20.2 Å². The molecule has 1 aliphatic rings. The third-order valence-electron chi connectivity index (χ3n) is 7.40. The Morgan fingerprint density at radius 3 is 2.40 bits per heavy atom. The van der Waals surface area contributed by atoms with E-state index >= 15 is 0 Å². The molecule has 8 nitrogen and oxygen atoms in total. The minimum Gasteiger partial charge on any atom is -0.449 e. The molecule has 2 N–H and O–H groups in total. The highest BCUT2D eigenvalue weighted by atomic mass is 32.2. The molecule has 1 saturated carbocycles. The number of nitrogens with zero attached hydrogens (tertiary/aromatic N) is 2. The zero-order valence-electron chi connectivity index (χ0n) is 23.2. The van der Waals surface area contributed by atoms with E-state index in [1.165, 1.54) is 0 Å². The van der Waals surface area contributed by atoms with Crippen molar-refractivity contribution in [2.45, 2.75) is 69.6 Å². The van der Waals surface area contributed by atoms with Crippen LogP contribution in [0.2, 0.25) is 0 Å². The van der Waals surface area contributed by atoms with Gasteiger partial charge < -0.3 is 15.4 Å². The minimum atomic E-state index is -0.930. The number of nitrogens with one attached hydrogen (secondary N) is 2. The number of alkyl carbamates (subject to hydrolysis) is 1. The van der Waals surface area contributed by atoms with Gasteiger partial charge in [-0.3, -0.25) is 14.2 Å². The van der Waals surface area contributed by atoms with Crippen molar-refractivity contribution in [2.75, 3.05) is 12.4 Å². The number of para-hydroxylation sites is 1. The summed E-state index contributed by atoms with van der Waals surface area (Å²) in [5.74, 6) is -0.601. The quantitative estimate of drug-likeness (QED) is 0.188. The summed E-state index contributed by atoms with van der Waals surface area (Å²) in [5, 5.41) is 6.32. The monoisotopic (exact) mass is 562 g/mol. The Kier molecular flexibility index (Phi) is 10.4. The number of carbonyl (C=O) groups is 3. The van der Waals surface area contributed by atoms with Crippen LogP contribution in [0.5, 0.6) is 0 Å². The number of ketones is 1. The van der Waals surface area contributed by atoms with Gasteiger partial charge in [-0.05, 0) is 43.9 Å². The fourth-order valence-electron chi connectivity index (χ4n) is 4.74. The summed E-state index contributed by atoms with van der Waals surface area (Å²) >= 11 is 1.65. The average molecular weight is 563 g/mol. The lowest BCUT2D eigenvalue weighted by Crippen LogP contribution is -2.49. The summed E-state index contributed by atoms with van der Waals surface area (Å²) in [5.41, 5.74) is 1.81. The molecule has 4 rings (SSSR count). The molecule has 40 heavy (non-hydrogen) atoms. The van der Waals surface area contributed by atoms with Crippen molar-refractivity contribution in [2.24, 2.45) is 5.41 Å². The molecule has 1 aromatic heterocycles. The first-order valence-corrected chi connectivity index (χ1v) is 14.9. The number of ether oxygens (including phenoxy) is 1. The lowest BCUT2D eigenvalue weighted by Gasteiger charge is -2.40. The Labute approximate surface area is 240 Å². The largest absolute Gasteiger partial charge is 0.449 e. The second-order valence-electron chi connectivity index (χ2n) is 10.4. The zero-order valence-corrected chi connectivity index (χ0v) is 24.0. The van der Waals surface area contributed by atoms with Crippen LogP contribution >= 0.6 is 11.8 Å². The van der Waals surface area contributed by atoms with Crippen molar-refractivity contribution in [3.05, 3.63) is 78.6 Å². The third-order valence-corrected chi connectivity index (χ3v) is 8.72. The van der Waals surface area contributed by atoms with Gasteiger partial charge in [0, 0.05) is 29.2 Å². The van der Waals surface area contributed by atoms with Crippen LogP contribution in [0.4, 0.5) is 4.79 Å². The highest BCUT2D eigenvalue weighted by Crippen LogP contribution is 2.45. The molecule has 1 aliphatic carbocycles. The Morgan fingerprint density at radius 1 is 1.05 bits per heavy atom.